The van der Waals surface area contributed by atoms with Gasteiger partial charge < -0.3 is 9.47 Å². The van der Waals surface area contributed by atoms with E-state index in [9.17, 15) is 0 Å². The van der Waals surface area contributed by atoms with Gasteiger partial charge in [0.15, 0.2) is 0 Å². The lowest BCUT2D eigenvalue weighted by Gasteiger charge is -2.14. The summed E-state index contributed by atoms with van der Waals surface area (Å²) in [6, 6.07) is 55.9. The van der Waals surface area contributed by atoms with E-state index in [-0.39, 0.29) is 0 Å². The minimum Gasteiger partial charge on any atom is -0.457 e. The average molecular weight is 848 g/mol. The van der Waals surface area contributed by atoms with Gasteiger partial charge in [0, 0.05) is 69.9 Å². The monoisotopic (exact) mass is 847 g/mol. The molecule has 0 saturated heterocycles. The third-order valence-corrected chi connectivity index (χ3v) is 11.6. The summed E-state index contributed by atoms with van der Waals surface area (Å²) in [5.41, 5.74) is 12.9. The van der Waals surface area contributed by atoms with Crippen LogP contribution in [0.25, 0.3) is 72.5 Å². The average Bonchev–Trinajstić information content (AvgIpc) is 3.65. The van der Waals surface area contributed by atoms with Crippen molar-refractivity contribution >= 4 is 21.8 Å². The lowest BCUT2D eigenvalue weighted by atomic mass is 9.93. The molecule has 0 aliphatic rings. The van der Waals surface area contributed by atoms with Crippen molar-refractivity contribution in [1.29, 1.82) is 0 Å². The highest BCUT2D eigenvalue weighted by atomic mass is 16.5. The second kappa shape index (κ2) is 18.1. The largest absolute Gasteiger partial charge is 0.457 e. The third-order valence-electron chi connectivity index (χ3n) is 11.6. The molecule has 10 rings (SSSR count). The van der Waals surface area contributed by atoms with Crippen molar-refractivity contribution in [3.05, 3.63) is 200 Å². The molecule has 0 unspecified atom stereocenters. The lowest BCUT2D eigenvalue weighted by Crippen LogP contribution is -2.00. The first-order valence-corrected chi connectivity index (χ1v) is 22.3. The van der Waals surface area contributed by atoms with Crippen molar-refractivity contribution in [2.45, 2.75) is 40.5 Å². The van der Waals surface area contributed by atoms with E-state index in [0.717, 1.165) is 68.7 Å². The summed E-state index contributed by atoms with van der Waals surface area (Å²) >= 11 is 0. The number of benzene rings is 6. The number of ether oxygens (including phenoxy) is 2. The minimum absolute atomic E-state index is 0.501. The number of nitrogens with zero attached hydrogens (tertiary/aromatic N) is 5. The van der Waals surface area contributed by atoms with E-state index in [2.05, 4.69) is 141 Å². The van der Waals surface area contributed by atoms with Crippen LogP contribution in [0.1, 0.15) is 38.8 Å². The van der Waals surface area contributed by atoms with Crippen LogP contribution in [0.4, 0.5) is 0 Å². The standard InChI is InChI=1S/C58H49N5O2/c1-38(2)28-44-32-54(61-36-52(44)40-14-7-5-8-15-40)42-18-11-20-46(30-42)64-48-22-24-50-51-25-23-49(35-57(51)63(56(50)34-48)58-59-26-13-27-60-58)65-47-21-12-19-43(31-47)55-33-45(29-39(3)4)53(37-62-55)41-16-9-6-10-17-41/h5-27,30-39H,28-29H2,1-4H3. The van der Waals surface area contributed by atoms with Crippen molar-refractivity contribution < 1.29 is 9.47 Å². The van der Waals surface area contributed by atoms with E-state index in [1.807, 2.05) is 67.0 Å². The molecule has 0 saturated carbocycles. The van der Waals surface area contributed by atoms with Gasteiger partial charge in [-0.2, -0.15) is 0 Å². The molecule has 318 valence electrons. The van der Waals surface area contributed by atoms with E-state index >= 15 is 0 Å². The summed E-state index contributed by atoms with van der Waals surface area (Å²) in [6.07, 6.45) is 9.45. The zero-order chi connectivity index (χ0) is 44.3. The Hall–Kier alpha value is -7.90. The minimum atomic E-state index is 0.501. The van der Waals surface area contributed by atoms with E-state index < -0.39 is 0 Å². The molecule has 0 N–H and O–H groups in total. The Morgan fingerprint density at radius 3 is 1.29 bits per heavy atom. The fraction of sp³-hybridized carbons (Fsp3) is 0.138. The molecule has 10 aromatic rings. The molecule has 0 bridgehead atoms. The maximum absolute atomic E-state index is 6.62. The summed E-state index contributed by atoms with van der Waals surface area (Å²) in [4.78, 5) is 19.3. The molecular weight excluding hydrogens is 799 g/mol. The molecular formula is C58H49N5O2. The van der Waals surface area contributed by atoms with Crippen molar-refractivity contribution in [3.63, 3.8) is 0 Å². The summed E-state index contributed by atoms with van der Waals surface area (Å²) < 4.78 is 15.3. The van der Waals surface area contributed by atoms with Gasteiger partial charge in [-0.15, -0.1) is 0 Å². The maximum Gasteiger partial charge on any atom is 0.234 e. The van der Waals surface area contributed by atoms with Gasteiger partial charge in [-0.1, -0.05) is 113 Å². The van der Waals surface area contributed by atoms with E-state index in [0.29, 0.717) is 29.3 Å². The van der Waals surface area contributed by atoms with Crippen LogP contribution in [0.3, 0.4) is 0 Å². The van der Waals surface area contributed by atoms with Crippen LogP contribution >= 0.6 is 0 Å². The van der Waals surface area contributed by atoms with Crippen LogP contribution in [0.2, 0.25) is 0 Å². The first-order valence-electron chi connectivity index (χ1n) is 22.3. The summed E-state index contributed by atoms with van der Waals surface area (Å²) in [5.74, 6) is 4.38. The molecule has 0 aliphatic heterocycles. The SMILES string of the molecule is CC(C)Cc1cc(-c2cccc(Oc3ccc4c5ccc(Oc6cccc(-c7cc(CC(C)C)c(-c8ccccc8)cn7)c6)cc5n(-c5ncccn5)c4c3)c2)ncc1-c1ccccc1. The third kappa shape index (κ3) is 8.86. The van der Waals surface area contributed by atoms with Crippen LogP contribution in [0.15, 0.2) is 189 Å². The molecule has 4 aromatic heterocycles. The molecule has 7 nitrogen and oxygen atoms in total. The molecule has 0 atom stereocenters. The van der Waals surface area contributed by atoms with E-state index in [1.165, 1.54) is 33.4 Å². The highest BCUT2D eigenvalue weighted by Crippen LogP contribution is 2.39. The second-order valence-corrected chi connectivity index (χ2v) is 17.4. The van der Waals surface area contributed by atoms with Crippen molar-refractivity contribution in [2.75, 3.05) is 0 Å². The van der Waals surface area contributed by atoms with Gasteiger partial charge in [-0.3, -0.25) is 14.5 Å². The fourth-order valence-electron chi connectivity index (χ4n) is 8.72. The Balaban J connectivity index is 0.961. The van der Waals surface area contributed by atoms with Crippen molar-refractivity contribution in [2.24, 2.45) is 11.8 Å². The van der Waals surface area contributed by atoms with Crippen molar-refractivity contribution in [1.82, 2.24) is 24.5 Å². The Bertz CT molecular complexity index is 3070. The molecule has 6 aromatic carbocycles. The molecule has 0 radical (unpaired) electrons. The molecule has 65 heavy (non-hydrogen) atoms. The van der Waals surface area contributed by atoms with Gasteiger partial charge in [-0.25, -0.2) is 9.97 Å². The number of hydrogen-bond donors (Lipinski definition) is 0. The van der Waals surface area contributed by atoms with Gasteiger partial charge in [0.05, 0.1) is 22.4 Å². The van der Waals surface area contributed by atoms with Crippen LogP contribution < -0.4 is 9.47 Å². The van der Waals surface area contributed by atoms with Crippen molar-refractivity contribution in [3.8, 4) is 73.7 Å². The molecule has 0 fully saturated rings. The number of fused-ring (bicyclic) bond motifs is 3. The first kappa shape index (κ1) is 41.1. The smallest absolute Gasteiger partial charge is 0.234 e. The highest BCUT2D eigenvalue weighted by Gasteiger charge is 2.18. The topological polar surface area (TPSA) is 75.0 Å². The van der Waals surface area contributed by atoms with Gasteiger partial charge in [0.25, 0.3) is 0 Å². The summed E-state index contributed by atoms with van der Waals surface area (Å²) in [7, 11) is 0. The van der Waals surface area contributed by atoms with Crippen LogP contribution in [-0.2, 0) is 12.8 Å². The zero-order valence-corrected chi connectivity index (χ0v) is 37.0. The summed E-state index contributed by atoms with van der Waals surface area (Å²) in [5, 5.41) is 2.09. The summed E-state index contributed by atoms with van der Waals surface area (Å²) in [6.45, 7) is 9.02. The predicted molar refractivity (Wildman–Crippen MR) is 264 cm³/mol. The number of pyridine rings is 2. The highest BCUT2D eigenvalue weighted by molar-refractivity contribution is 6.09. The number of aromatic nitrogens is 5. The molecule has 7 heteroatoms. The fourth-order valence-corrected chi connectivity index (χ4v) is 8.72. The van der Waals surface area contributed by atoms with E-state index in [1.54, 1.807) is 12.4 Å². The molecule has 0 amide bonds. The maximum atomic E-state index is 6.62. The van der Waals surface area contributed by atoms with Gasteiger partial charge in [0.1, 0.15) is 23.0 Å². The van der Waals surface area contributed by atoms with Crippen LogP contribution in [-0.4, -0.2) is 24.5 Å². The van der Waals surface area contributed by atoms with Crippen LogP contribution in [0.5, 0.6) is 23.0 Å². The molecule has 0 aliphatic carbocycles. The molecule has 4 heterocycles. The predicted octanol–water partition coefficient (Wildman–Crippen LogP) is 15.0. The zero-order valence-electron chi connectivity index (χ0n) is 37.0. The Labute approximate surface area is 380 Å². The number of hydrogen-bond acceptors (Lipinski definition) is 6. The van der Waals surface area contributed by atoms with E-state index in [4.69, 9.17) is 29.4 Å². The first-order chi connectivity index (χ1) is 31.8. The lowest BCUT2D eigenvalue weighted by molar-refractivity contribution is 0.483. The Morgan fingerprint density at radius 2 is 0.846 bits per heavy atom. The quantitative estimate of drug-likeness (QED) is 0.115. The number of rotatable bonds is 13. The van der Waals surface area contributed by atoms with Gasteiger partial charge in [0.2, 0.25) is 5.95 Å². The van der Waals surface area contributed by atoms with Gasteiger partial charge in [-0.05, 0) is 114 Å². The Morgan fingerprint density at radius 1 is 0.415 bits per heavy atom. The van der Waals surface area contributed by atoms with Gasteiger partial charge >= 0.3 is 0 Å². The normalized spacial score (nSPS) is 11.5. The second-order valence-electron chi connectivity index (χ2n) is 17.4. The Kier molecular flexibility index (Phi) is 11.4. The molecule has 0 spiro atoms. The van der Waals surface area contributed by atoms with Crippen LogP contribution in [0, 0.1) is 11.8 Å².